The van der Waals surface area contributed by atoms with Crippen LogP contribution in [0.15, 0.2) is 53.7 Å². The zero-order valence-corrected chi connectivity index (χ0v) is 17.6. The maximum Gasteiger partial charge on any atom is 0.232 e. The van der Waals surface area contributed by atoms with Crippen LogP contribution >= 0.6 is 23.2 Å². The lowest BCUT2D eigenvalue weighted by atomic mass is 9.69. The molecule has 0 aromatic heterocycles. The number of rotatable bonds is 2. The van der Waals surface area contributed by atoms with Crippen molar-refractivity contribution in [1.82, 2.24) is 0 Å². The molecule has 4 rings (SSSR count). The Bertz CT molecular complexity index is 1040. The van der Waals surface area contributed by atoms with E-state index in [4.69, 9.17) is 23.2 Å². The Labute approximate surface area is 179 Å². The predicted octanol–water partition coefficient (Wildman–Crippen LogP) is 6.30. The molecule has 0 saturated heterocycles. The first-order chi connectivity index (χ1) is 13.7. The van der Waals surface area contributed by atoms with Gasteiger partial charge in [-0.3, -0.25) is 14.5 Å². The van der Waals surface area contributed by atoms with Crippen LogP contribution in [-0.4, -0.2) is 11.7 Å². The van der Waals surface area contributed by atoms with Crippen LogP contribution in [0.25, 0.3) is 0 Å². The molecule has 1 amide bonds. The van der Waals surface area contributed by atoms with Crippen molar-refractivity contribution in [3.05, 3.63) is 75.2 Å². The van der Waals surface area contributed by atoms with Crippen molar-refractivity contribution in [2.45, 2.75) is 39.0 Å². The predicted molar refractivity (Wildman–Crippen MR) is 113 cm³/mol. The molecule has 2 aliphatic rings. The highest BCUT2D eigenvalue weighted by Crippen LogP contribution is 2.49. The second-order valence-electron chi connectivity index (χ2n) is 8.41. The molecule has 1 aliphatic heterocycles. The molecule has 1 atom stereocenters. The van der Waals surface area contributed by atoms with Crippen LogP contribution in [0, 0.1) is 11.2 Å². The number of carbonyl (C=O) groups is 2. The van der Waals surface area contributed by atoms with Gasteiger partial charge in [-0.1, -0.05) is 49.2 Å². The molecular formula is C23H20Cl2FNO2. The molecule has 2 aromatic carbocycles. The number of halogens is 3. The van der Waals surface area contributed by atoms with Gasteiger partial charge in [0.1, 0.15) is 5.82 Å². The molecule has 29 heavy (non-hydrogen) atoms. The minimum absolute atomic E-state index is 0.0110. The van der Waals surface area contributed by atoms with Crippen molar-refractivity contribution in [3.63, 3.8) is 0 Å². The van der Waals surface area contributed by atoms with E-state index in [1.165, 1.54) is 12.1 Å². The molecule has 0 spiro atoms. The zero-order chi connectivity index (χ0) is 20.9. The summed E-state index contributed by atoms with van der Waals surface area (Å²) in [6.07, 6.45) is 1.06. The van der Waals surface area contributed by atoms with E-state index in [0.29, 0.717) is 45.4 Å². The fourth-order valence-corrected chi connectivity index (χ4v) is 4.80. The van der Waals surface area contributed by atoms with E-state index >= 15 is 0 Å². The lowest BCUT2D eigenvalue weighted by Gasteiger charge is -2.43. The molecule has 0 saturated carbocycles. The summed E-state index contributed by atoms with van der Waals surface area (Å²) < 4.78 is 13.4. The van der Waals surface area contributed by atoms with Gasteiger partial charge in [-0.05, 0) is 47.7 Å². The van der Waals surface area contributed by atoms with Crippen LogP contribution in [-0.2, 0) is 9.59 Å². The third-order valence-corrected chi connectivity index (χ3v) is 6.42. The third kappa shape index (κ3) is 3.60. The average Bonchev–Trinajstić information content (AvgIpc) is 2.63. The Kier molecular flexibility index (Phi) is 5.04. The molecule has 1 aliphatic carbocycles. The van der Waals surface area contributed by atoms with Gasteiger partial charge in [0.25, 0.3) is 0 Å². The highest BCUT2D eigenvalue weighted by molar-refractivity contribution is 6.42. The second kappa shape index (κ2) is 7.26. The minimum atomic E-state index is -0.441. The van der Waals surface area contributed by atoms with E-state index in [1.807, 2.05) is 19.9 Å². The first-order valence-electron chi connectivity index (χ1n) is 9.46. The van der Waals surface area contributed by atoms with E-state index < -0.39 is 5.92 Å². The summed E-state index contributed by atoms with van der Waals surface area (Å²) in [5.41, 5.74) is 2.25. The Morgan fingerprint density at radius 3 is 2.41 bits per heavy atom. The lowest BCUT2D eigenvalue weighted by Crippen LogP contribution is -2.43. The number of hydrogen-bond acceptors (Lipinski definition) is 2. The third-order valence-electron chi connectivity index (χ3n) is 5.58. The molecule has 0 fully saturated rings. The molecule has 150 valence electrons. The van der Waals surface area contributed by atoms with Gasteiger partial charge >= 0.3 is 0 Å². The first-order valence-corrected chi connectivity index (χ1v) is 10.2. The van der Waals surface area contributed by atoms with E-state index in [-0.39, 0.29) is 29.3 Å². The quantitative estimate of drug-likeness (QED) is 0.559. The fraction of sp³-hybridized carbons (Fsp3) is 0.304. The number of carbonyl (C=O) groups excluding carboxylic acids is 2. The first kappa shape index (κ1) is 20.1. The summed E-state index contributed by atoms with van der Waals surface area (Å²) in [4.78, 5) is 28.0. The number of allylic oxidation sites excluding steroid dienone is 2. The van der Waals surface area contributed by atoms with Crippen molar-refractivity contribution in [1.29, 1.82) is 0 Å². The molecule has 2 aromatic rings. The van der Waals surface area contributed by atoms with E-state index in [2.05, 4.69) is 0 Å². The number of benzene rings is 2. The standard InChI is InChI=1S/C23H20Cl2FNO2/c1-23(2)11-18-21(19(28)12-23)16(15-4-3-5-17(24)22(15)25)10-20(29)27(18)14-8-6-13(26)7-9-14/h3-9,16H,10-12H2,1-2H3. The summed E-state index contributed by atoms with van der Waals surface area (Å²) in [5.74, 6) is -0.959. The largest absolute Gasteiger partial charge is 0.294 e. The van der Waals surface area contributed by atoms with Crippen LogP contribution in [0.2, 0.25) is 10.0 Å². The summed E-state index contributed by atoms with van der Waals surface area (Å²) in [5, 5.41) is 0.759. The highest BCUT2D eigenvalue weighted by Gasteiger charge is 2.44. The Hall–Kier alpha value is -2.17. The van der Waals surface area contributed by atoms with Crippen molar-refractivity contribution in [2.75, 3.05) is 4.90 Å². The molecule has 0 N–H and O–H groups in total. The molecule has 1 heterocycles. The van der Waals surface area contributed by atoms with Gasteiger partial charge in [-0.15, -0.1) is 0 Å². The normalized spacial score (nSPS) is 21.4. The van der Waals surface area contributed by atoms with Gasteiger partial charge in [0.15, 0.2) is 5.78 Å². The van der Waals surface area contributed by atoms with Crippen molar-refractivity contribution >= 4 is 40.6 Å². The second-order valence-corrected chi connectivity index (χ2v) is 9.19. The number of hydrogen-bond donors (Lipinski definition) is 0. The van der Waals surface area contributed by atoms with Crippen LogP contribution in [0.5, 0.6) is 0 Å². The molecule has 0 radical (unpaired) electrons. The lowest BCUT2D eigenvalue weighted by molar-refractivity contribution is -0.121. The topological polar surface area (TPSA) is 37.4 Å². The van der Waals surface area contributed by atoms with Crippen molar-refractivity contribution < 1.29 is 14.0 Å². The van der Waals surface area contributed by atoms with Gasteiger partial charge in [0, 0.05) is 35.7 Å². The summed E-state index contributed by atoms with van der Waals surface area (Å²) in [6, 6.07) is 11.0. The minimum Gasteiger partial charge on any atom is -0.294 e. The van der Waals surface area contributed by atoms with Crippen molar-refractivity contribution in [3.8, 4) is 0 Å². The summed E-state index contributed by atoms with van der Waals surface area (Å²) in [7, 11) is 0. The Morgan fingerprint density at radius 1 is 1.03 bits per heavy atom. The SMILES string of the molecule is CC1(C)CC(=O)C2=C(C1)N(c1ccc(F)cc1)C(=O)CC2c1cccc(Cl)c1Cl. The monoisotopic (exact) mass is 431 g/mol. The van der Waals surface area contributed by atoms with Crippen LogP contribution in [0.4, 0.5) is 10.1 Å². The van der Waals surface area contributed by atoms with E-state index in [1.54, 1.807) is 29.2 Å². The number of Topliss-reactive ketones (excluding diaryl/α,β-unsaturated/α-hetero) is 1. The number of anilines is 1. The molecule has 3 nitrogen and oxygen atoms in total. The summed E-state index contributed by atoms with van der Waals surface area (Å²) >= 11 is 12.6. The number of ketones is 1. The number of amides is 1. The maximum atomic E-state index is 13.4. The van der Waals surface area contributed by atoms with Crippen LogP contribution < -0.4 is 4.90 Å². The van der Waals surface area contributed by atoms with Gasteiger partial charge in [0.2, 0.25) is 5.91 Å². The fourth-order valence-electron chi connectivity index (χ4n) is 4.36. The smallest absolute Gasteiger partial charge is 0.232 e. The molecule has 0 bridgehead atoms. The van der Waals surface area contributed by atoms with Crippen LogP contribution in [0.1, 0.15) is 44.6 Å². The molecule has 6 heteroatoms. The van der Waals surface area contributed by atoms with Gasteiger partial charge < -0.3 is 0 Å². The Balaban J connectivity index is 1.92. The van der Waals surface area contributed by atoms with Gasteiger partial charge in [-0.25, -0.2) is 4.39 Å². The maximum absolute atomic E-state index is 13.4. The van der Waals surface area contributed by atoms with Gasteiger partial charge in [0.05, 0.1) is 10.0 Å². The average molecular weight is 432 g/mol. The molecular weight excluding hydrogens is 412 g/mol. The highest BCUT2D eigenvalue weighted by atomic mass is 35.5. The summed E-state index contributed by atoms with van der Waals surface area (Å²) in [6.45, 7) is 4.02. The number of nitrogens with zero attached hydrogens (tertiary/aromatic N) is 1. The zero-order valence-electron chi connectivity index (χ0n) is 16.1. The van der Waals surface area contributed by atoms with E-state index in [0.717, 1.165) is 0 Å². The molecule has 1 unspecified atom stereocenters. The van der Waals surface area contributed by atoms with E-state index in [9.17, 15) is 14.0 Å². The van der Waals surface area contributed by atoms with Crippen molar-refractivity contribution in [2.24, 2.45) is 5.41 Å². The Morgan fingerprint density at radius 2 is 1.72 bits per heavy atom. The van der Waals surface area contributed by atoms with Crippen LogP contribution in [0.3, 0.4) is 0 Å². The van der Waals surface area contributed by atoms with Gasteiger partial charge in [-0.2, -0.15) is 0 Å².